The molecule has 0 amide bonds. The molecule has 0 radical (unpaired) electrons. The molecular weight excluding hydrogens is 378 g/mol. The van der Waals surface area contributed by atoms with Crippen LogP contribution in [0.2, 0.25) is 0 Å². The van der Waals surface area contributed by atoms with E-state index in [0.29, 0.717) is 39.9 Å². The molecule has 0 atom stereocenters. The number of methoxy groups -OCH3 is 5. The third-order valence-electron chi connectivity index (χ3n) is 4.26. The fourth-order valence-electron chi connectivity index (χ4n) is 2.84. The Morgan fingerprint density at radius 2 is 1.48 bits per heavy atom. The second-order valence-corrected chi connectivity index (χ2v) is 5.86. The van der Waals surface area contributed by atoms with Crippen LogP contribution in [-0.2, 0) is 9.53 Å². The van der Waals surface area contributed by atoms with E-state index in [0.717, 1.165) is 0 Å². The minimum absolute atomic E-state index is 0.125. The number of hydrogen-bond acceptors (Lipinski definition) is 8. The maximum Gasteiger partial charge on any atom is 0.363 e. The van der Waals surface area contributed by atoms with Gasteiger partial charge in [-0.15, -0.1) is 0 Å². The molecule has 0 bridgehead atoms. The molecule has 1 aliphatic rings. The Hall–Kier alpha value is -3.68. The van der Waals surface area contributed by atoms with Crippen LogP contribution in [0.5, 0.6) is 28.7 Å². The summed E-state index contributed by atoms with van der Waals surface area (Å²) in [6.45, 7) is 0. The number of hydrogen-bond donors (Lipinski definition) is 0. The van der Waals surface area contributed by atoms with Crippen molar-refractivity contribution in [2.24, 2.45) is 4.99 Å². The molecule has 0 spiro atoms. The summed E-state index contributed by atoms with van der Waals surface area (Å²) in [6.07, 6.45) is 1.58. The van der Waals surface area contributed by atoms with Crippen LogP contribution in [0.4, 0.5) is 0 Å². The maximum absolute atomic E-state index is 12.4. The van der Waals surface area contributed by atoms with Gasteiger partial charge < -0.3 is 28.4 Å². The van der Waals surface area contributed by atoms with Gasteiger partial charge in [-0.3, -0.25) is 0 Å². The van der Waals surface area contributed by atoms with Gasteiger partial charge in [0.1, 0.15) is 11.5 Å². The Morgan fingerprint density at radius 1 is 0.828 bits per heavy atom. The lowest BCUT2D eigenvalue weighted by atomic mass is 10.1. The van der Waals surface area contributed by atoms with Gasteiger partial charge >= 0.3 is 5.97 Å². The van der Waals surface area contributed by atoms with Crippen molar-refractivity contribution in [1.29, 1.82) is 0 Å². The normalized spacial score (nSPS) is 14.3. The molecule has 3 rings (SSSR count). The molecule has 1 heterocycles. The van der Waals surface area contributed by atoms with E-state index in [4.69, 9.17) is 28.4 Å². The predicted octanol–water partition coefficient (Wildman–Crippen LogP) is 3.07. The minimum Gasteiger partial charge on any atom is -0.497 e. The smallest absolute Gasteiger partial charge is 0.363 e. The van der Waals surface area contributed by atoms with E-state index < -0.39 is 5.97 Å². The van der Waals surface area contributed by atoms with Gasteiger partial charge in [-0.05, 0) is 36.4 Å². The van der Waals surface area contributed by atoms with Gasteiger partial charge in [0.05, 0.1) is 35.5 Å². The second-order valence-electron chi connectivity index (χ2n) is 5.86. The quantitative estimate of drug-likeness (QED) is 0.522. The molecule has 0 N–H and O–H groups in total. The molecular formula is C21H21NO7. The zero-order valence-electron chi connectivity index (χ0n) is 16.8. The van der Waals surface area contributed by atoms with Crippen LogP contribution in [0.3, 0.4) is 0 Å². The van der Waals surface area contributed by atoms with E-state index in [-0.39, 0.29) is 11.6 Å². The zero-order chi connectivity index (χ0) is 21.0. The van der Waals surface area contributed by atoms with Crippen molar-refractivity contribution in [3.05, 3.63) is 47.2 Å². The lowest BCUT2D eigenvalue weighted by Crippen LogP contribution is -2.07. The van der Waals surface area contributed by atoms with Crippen LogP contribution in [0.15, 0.2) is 41.0 Å². The van der Waals surface area contributed by atoms with Gasteiger partial charge in [0, 0.05) is 11.1 Å². The lowest BCUT2D eigenvalue weighted by molar-refractivity contribution is -0.129. The predicted molar refractivity (Wildman–Crippen MR) is 106 cm³/mol. The monoisotopic (exact) mass is 399 g/mol. The first kappa shape index (κ1) is 20.1. The molecule has 0 saturated carbocycles. The summed E-state index contributed by atoms with van der Waals surface area (Å²) in [7, 11) is 7.62. The van der Waals surface area contributed by atoms with Gasteiger partial charge in [-0.25, -0.2) is 9.79 Å². The third kappa shape index (κ3) is 3.96. The van der Waals surface area contributed by atoms with E-state index in [2.05, 4.69) is 4.99 Å². The SMILES string of the molecule is COc1ccc(OC)c(C=C2N=C(c3cc(OC)c(OC)c(OC)c3)OC2=O)c1. The van der Waals surface area contributed by atoms with Crippen LogP contribution in [0, 0.1) is 0 Å². The Kier molecular flexibility index (Phi) is 5.92. The first-order chi connectivity index (χ1) is 14.0. The molecule has 8 nitrogen and oxygen atoms in total. The number of aliphatic imine (C=N–C) groups is 1. The Labute approximate surface area is 168 Å². The topological polar surface area (TPSA) is 84.8 Å². The highest BCUT2D eigenvalue weighted by Crippen LogP contribution is 2.39. The molecule has 29 heavy (non-hydrogen) atoms. The van der Waals surface area contributed by atoms with Crippen molar-refractivity contribution in [2.75, 3.05) is 35.5 Å². The highest BCUT2D eigenvalue weighted by atomic mass is 16.6. The number of nitrogens with zero attached hydrogens (tertiary/aromatic N) is 1. The number of rotatable bonds is 7. The van der Waals surface area contributed by atoms with Gasteiger partial charge in [-0.1, -0.05) is 0 Å². The maximum atomic E-state index is 12.4. The van der Waals surface area contributed by atoms with Gasteiger partial charge in [-0.2, -0.15) is 0 Å². The fourth-order valence-corrected chi connectivity index (χ4v) is 2.84. The molecule has 2 aromatic carbocycles. The number of cyclic esters (lactones) is 1. The van der Waals surface area contributed by atoms with E-state index >= 15 is 0 Å². The summed E-state index contributed by atoms with van der Waals surface area (Å²) in [5, 5.41) is 0. The van der Waals surface area contributed by atoms with Gasteiger partial charge in [0.15, 0.2) is 17.2 Å². The zero-order valence-corrected chi connectivity index (χ0v) is 16.8. The number of esters is 1. The fraction of sp³-hybridized carbons (Fsp3) is 0.238. The van der Waals surface area contributed by atoms with Gasteiger partial charge in [0.2, 0.25) is 11.6 Å². The highest BCUT2D eigenvalue weighted by Gasteiger charge is 2.27. The summed E-state index contributed by atoms with van der Waals surface area (Å²) in [6, 6.07) is 8.56. The Bertz CT molecular complexity index is 970. The molecule has 8 heteroatoms. The summed E-state index contributed by atoms with van der Waals surface area (Å²) < 4.78 is 31.9. The van der Waals surface area contributed by atoms with Crippen LogP contribution in [0.25, 0.3) is 6.08 Å². The number of benzene rings is 2. The van der Waals surface area contributed by atoms with E-state index in [1.54, 1.807) is 50.6 Å². The van der Waals surface area contributed by atoms with Crippen molar-refractivity contribution >= 4 is 17.9 Å². The van der Waals surface area contributed by atoms with E-state index in [1.807, 2.05) is 0 Å². The number of carbonyl (C=O) groups is 1. The Balaban J connectivity index is 2.04. The van der Waals surface area contributed by atoms with E-state index in [1.165, 1.54) is 21.3 Å². The largest absolute Gasteiger partial charge is 0.497 e. The first-order valence-corrected chi connectivity index (χ1v) is 8.59. The lowest BCUT2D eigenvalue weighted by Gasteiger charge is -2.13. The molecule has 2 aromatic rings. The summed E-state index contributed by atoms with van der Waals surface area (Å²) in [4.78, 5) is 16.7. The number of carbonyl (C=O) groups excluding carboxylic acids is 1. The van der Waals surface area contributed by atoms with Crippen molar-refractivity contribution in [3.63, 3.8) is 0 Å². The van der Waals surface area contributed by atoms with Crippen LogP contribution in [-0.4, -0.2) is 47.4 Å². The molecule has 0 fully saturated rings. The highest BCUT2D eigenvalue weighted by molar-refractivity contribution is 6.13. The van der Waals surface area contributed by atoms with Crippen molar-refractivity contribution in [2.45, 2.75) is 0 Å². The first-order valence-electron chi connectivity index (χ1n) is 8.59. The van der Waals surface area contributed by atoms with Crippen LogP contribution >= 0.6 is 0 Å². The standard InChI is InChI=1S/C21H21NO7/c1-24-14-6-7-16(25-2)12(8-14)9-15-21(23)29-20(22-15)13-10-17(26-3)19(28-5)18(11-13)27-4/h6-11H,1-5H3. The van der Waals surface area contributed by atoms with Crippen LogP contribution < -0.4 is 23.7 Å². The summed E-state index contributed by atoms with van der Waals surface area (Å²) in [5.41, 5.74) is 1.27. The second kappa shape index (κ2) is 8.55. The molecule has 0 unspecified atom stereocenters. The molecule has 1 aliphatic heterocycles. The third-order valence-corrected chi connectivity index (χ3v) is 4.26. The molecule has 0 saturated heterocycles. The summed E-state index contributed by atoms with van der Waals surface area (Å²) in [5.74, 6) is 2.02. The summed E-state index contributed by atoms with van der Waals surface area (Å²) >= 11 is 0. The minimum atomic E-state index is -0.585. The van der Waals surface area contributed by atoms with Crippen LogP contribution in [0.1, 0.15) is 11.1 Å². The van der Waals surface area contributed by atoms with Crippen molar-refractivity contribution < 1.29 is 33.2 Å². The van der Waals surface area contributed by atoms with Crippen molar-refractivity contribution in [1.82, 2.24) is 0 Å². The molecule has 0 aliphatic carbocycles. The average molecular weight is 399 g/mol. The molecule has 0 aromatic heterocycles. The molecule has 152 valence electrons. The number of ether oxygens (including phenoxy) is 6. The van der Waals surface area contributed by atoms with Gasteiger partial charge in [0.25, 0.3) is 0 Å². The average Bonchev–Trinajstić information content (AvgIpc) is 3.12. The van der Waals surface area contributed by atoms with E-state index in [9.17, 15) is 4.79 Å². The van der Waals surface area contributed by atoms with Crippen molar-refractivity contribution in [3.8, 4) is 28.7 Å². The Morgan fingerprint density at radius 3 is 2.03 bits per heavy atom.